The van der Waals surface area contributed by atoms with Gasteiger partial charge in [0.2, 0.25) is 0 Å². The van der Waals surface area contributed by atoms with Crippen molar-refractivity contribution in [1.29, 1.82) is 0 Å². The van der Waals surface area contributed by atoms with Crippen LogP contribution in [0.5, 0.6) is 5.75 Å². The highest BCUT2D eigenvalue weighted by Gasteiger charge is 2.19. The summed E-state index contributed by atoms with van der Waals surface area (Å²) < 4.78 is 5.70. The molecular weight excluding hydrogens is 358 g/mol. The van der Waals surface area contributed by atoms with Crippen molar-refractivity contribution in [2.45, 2.75) is 13.8 Å². The van der Waals surface area contributed by atoms with Crippen LogP contribution in [0.3, 0.4) is 0 Å². The zero-order chi connectivity index (χ0) is 19.7. The van der Waals surface area contributed by atoms with Gasteiger partial charge in [0, 0.05) is 18.2 Å². The lowest BCUT2D eigenvalue weighted by molar-refractivity contribution is -0.384. The highest BCUT2D eigenvalue weighted by atomic mass is 16.6. The SMILES string of the molecule is Cc1cc(O)c(-n2[nH]c(C)c(N=Nc3cccc([N+](=O)[O-])c3)c2=O)c(=O)o1. The molecule has 2 N–H and O–H groups in total. The maximum Gasteiger partial charge on any atom is 0.366 e. The Morgan fingerprint density at radius 3 is 2.63 bits per heavy atom. The first kappa shape index (κ1) is 17.8. The van der Waals surface area contributed by atoms with E-state index in [1.165, 1.54) is 44.2 Å². The van der Waals surface area contributed by atoms with Crippen molar-refractivity contribution in [3.63, 3.8) is 0 Å². The molecule has 0 saturated carbocycles. The molecule has 0 amide bonds. The van der Waals surface area contributed by atoms with Crippen LogP contribution < -0.4 is 11.2 Å². The predicted octanol–water partition coefficient (Wildman–Crippen LogP) is 2.76. The molecule has 138 valence electrons. The molecule has 11 heteroatoms. The fraction of sp³-hybridized carbons (Fsp3) is 0.125. The number of benzene rings is 1. The first-order chi connectivity index (χ1) is 12.8. The first-order valence-electron chi connectivity index (χ1n) is 7.60. The molecule has 2 heterocycles. The summed E-state index contributed by atoms with van der Waals surface area (Å²) in [5, 5.41) is 31.1. The number of aromatic hydroxyl groups is 1. The van der Waals surface area contributed by atoms with Crippen LogP contribution in [0.25, 0.3) is 5.69 Å². The lowest BCUT2D eigenvalue weighted by Gasteiger charge is -2.03. The number of aryl methyl sites for hydroxylation is 2. The Morgan fingerprint density at radius 2 is 1.96 bits per heavy atom. The van der Waals surface area contributed by atoms with Crippen LogP contribution >= 0.6 is 0 Å². The summed E-state index contributed by atoms with van der Waals surface area (Å²) in [7, 11) is 0. The van der Waals surface area contributed by atoms with Crippen LogP contribution in [0.4, 0.5) is 17.1 Å². The number of nitro benzene ring substituents is 1. The zero-order valence-corrected chi connectivity index (χ0v) is 14.2. The van der Waals surface area contributed by atoms with Crippen LogP contribution in [-0.4, -0.2) is 19.8 Å². The fourth-order valence-electron chi connectivity index (χ4n) is 2.38. The maximum absolute atomic E-state index is 12.6. The second-order valence-corrected chi connectivity index (χ2v) is 5.58. The van der Waals surface area contributed by atoms with E-state index >= 15 is 0 Å². The Bertz CT molecular complexity index is 1190. The fourth-order valence-corrected chi connectivity index (χ4v) is 2.38. The number of nitro groups is 1. The van der Waals surface area contributed by atoms with E-state index < -0.39 is 21.9 Å². The van der Waals surface area contributed by atoms with Gasteiger partial charge in [0.25, 0.3) is 11.2 Å². The number of hydrogen-bond donors (Lipinski definition) is 2. The number of H-pyrrole nitrogens is 1. The number of nitrogens with zero attached hydrogens (tertiary/aromatic N) is 4. The molecule has 11 nitrogen and oxygen atoms in total. The second-order valence-electron chi connectivity index (χ2n) is 5.58. The average Bonchev–Trinajstić information content (AvgIpc) is 2.86. The van der Waals surface area contributed by atoms with Gasteiger partial charge in [-0.15, -0.1) is 5.11 Å². The van der Waals surface area contributed by atoms with Crippen molar-refractivity contribution >= 4 is 17.1 Å². The van der Waals surface area contributed by atoms with Crippen molar-refractivity contribution in [3.05, 3.63) is 72.7 Å². The molecule has 0 unspecified atom stereocenters. The first-order valence-corrected chi connectivity index (χ1v) is 7.60. The zero-order valence-electron chi connectivity index (χ0n) is 14.2. The summed E-state index contributed by atoms with van der Waals surface area (Å²) >= 11 is 0. The number of aromatic nitrogens is 2. The minimum absolute atomic E-state index is 0.124. The summed E-state index contributed by atoms with van der Waals surface area (Å²) in [5.41, 5.74) is -1.88. The van der Waals surface area contributed by atoms with Crippen molar-refractivity contribution in [3.8, 4) is 11.4 Å². The largest absolute Gasteiger partial charge is 0.505 e. The van der Waals surface area contributed by atoms with Crippen LogP contribution in [-0.2, 0) is 0 Å². The second kappa shape index (κ2) is 6.71. The molecule has 3 rings (SSSR count). The summed E-state index contributed by atoms with van der Waals surface area (Å²) in [6.07, 6.45) is 0. The Hall–Kier alpha value is -4.02. The minimum Gasteiger partial charge on any atom is -0.505 e. The predicted molar refractivity (Wildman–Crippen MR) is 93.3 cm³/mol. The molecule has 0 bridgehead atoms. The summed E-state index contributed by atoms with van der Waals surface area (Å²) in [6, 6.07) is 6.61. The van der Waals surface area contributed by atoms with E-state index in [1.54, 1.807) is 0 Å². The summed E-state index contributed by atoms with van der Waals surface area (Å²) in [5.74, 6) is -0.252. The van der Waals surface area contributed by atoms with E-state index in [0.717, 1.165) is 4.68 Å². The van der Waals surface area contributed by atoms with Gasteiger partial charge in [0.05, 0.1) is 16.3 Å². The van der Waals surface area contributed by atoms with Crippen molar-refractivity contribution in [2.24, 2.45) is 10.2 Å². The van der Waals surface area contributed by atoms with Crippen LogP contribution in [0.1, 0.15) is 11.5 Å². The Kier molecular flexibility index (Phi) is 4.42. The lowest BCUT2D eigenvalue weighted by atomic mass is 10.3. The van der Waals surface area contributed by atoms with E-state index in [1.807, 2.05) is 0 Å². The number of azo groups is 1. The van der Waals surface area contributed by atoms with Gasteiger partial charge in [-0.2, -0.15) is 5.11 Å². The van der Waals surface area contributed by atoms with Crippen LogP contribution in [0.15, 0.2) is 54.6 Å². The normalized spacial score (nSPS) is 11.2. The molecule has 0 radical (unpaired) electrons. The third-order valence-corrected chi connectivity index (χ3v) is 3.60. The van der Waals surface area contributed by atoms with E-state index in [9.17, 15) is 24.8 Å². The van der Waals surface area contributed by atoms with Gasteiger partial charge in [-0.3, -0.25) is 20.0 Å². The highest BCUT2D eigenvalue weighted by molar-refractivity contribution is 5.49. The van der Waals surface area contributed by atoms with E-state index in [2.05, 4.69) is 15.3 Å². The number of nitrogens with one attached hydrogen (secondary N) is 1. The Morgan fingerprint density at radius 1 is 1.22 bits per heavy atom. The molecule has 2 aromatic heterocycles. The standard InChI is InChI=1S/C16H13N5O6/c1-8-6-12(22)14(16(24)27-8)20-15(23)13(9(2)19-20)18-17-10-4-3-5-11(7-10)21(25)26/h3-7,19,22H,1-2H3. The molecule has 0 spiro atoms. The van der Waals surface area contributed by atoms with Gasteiger partial charge in [-0.05, 0) is 19.9 Å². The Balaban J connectivity index is 2.05. The third kappa shape index (κ3) is 3.38. The Labute approximate surface area is 150 Å². The number of non-ortho nitro benzene ring substituents is 1. The molecule has 0 aliphatic heterocycles. The average molecular weight is 371 g/mol. The van der Waals surface area contributed by atoms with Gasteiger partial charge in [-0.25, -0.2) is 9.48 Å². The topological polar surface area (TPSA) is 156 Å². The van der Waals surface area contributed by atoms with E-state index in [0.29, 0.717) is 0 Å². The smallest absolute Gasteiger partial charge is 0.366 e. The highest BCUT2D eigenvalue weighted by Crippen LogP contribution is 2.23. The molecule has 1 aromatic carbocycles. The maximum atomic E-state index is 12.6. The van der Waals surface area contributed by atoms with Gasteiger partial charge < -0.3 is 9.52 Å². The molecule has 0 saturated heterocycles. The van der Waals surface area contributed by atoms with Crippen LogP contribution in [0.2, 0.25) is 0 Å². The van der Waals surface area contributed by atoms with Gasteiger partial charge in [0.15, 0.2) is 17.1 Å². The van der Waals surface area contributed by atoms with E-state index in [4.69, 9.17) is 4.42 Å². The van der Waals surface area contributed by atoms with Crippen molar-refractivity contribution < 1.29 is 14.4 Å². The van der Waals surface area contributed by atoms with Gasteiger partial charge >= 0.3 is 5.63 Å². The molecule has 27 heavy (non-hydrogen) atoms. The summed E-state index contributed by atoms with van der Waals surface area (Å²) in [4.78, 5) is 34.8. The molecule has 0 aliphatic rings. The molecule has 0 aliphatic carbocycles. The third-order valence-electron chi connectivity index (χ3n) is 3.60. The summed E-state index contributed by atoms with van der Waals surface area (Å²) in [6.45, 7) is 3.00. The molecular formula is C16H13N5O6. The number of aromatic amines is 1. The van der Waals surface area contributed by atoms with E-state index in [-0.39, 0.29) is 34.2 Å². The van der Waals surface area contributed by atoms with Gasteiger partial charge in [0.1, 0.15) is 5.76 Å². The van der Waals surface area contributed by atoms with Crippen LogP contribution in [0, 0.1) is 24.0 Å². The van der Waals surface area contributed by atoms with Crippen molar-refractivity contribution in [2.75, 3.05) is 0 Å². The number of rotatable bonds is 4. The number of hydrogen-bond acceptors (Lipinski definition) is 8. The van der Waals surface area contributed by atoms with Gasteiger partial charge in [-0.1, -0.05) is 6.07 Å². The van der Waals surface area contributed by atoms with Crippen molar-refractivity contribution in [1.82, 2.24) is 9.78 Å². The molecule has 3 aromatic rings. The molecule has 0 fully saturated rings. The quantitative estimate of drug-likeness (QED) is 0.408. The minimum atomic E-state index is -0.905. The monoisotopic (exact) mass is 371 g/mol. The lowest BCUT2D eigenvalue weighted by Crippen LogP contribution is -2.21. The molecule has 0 atom stereocenters.